The number of hydrogen-bond acceptors (Lipinski definition) is 7. The maximum atomic E-state index is 12.3. The summed E-state index contributed by atoms with van der Waals surface area (Å²) in [7, 11) is 1.70. The van der Waals surface area contributed by atoms with Gasteiger partial charge in [-0.2, -0.15) is 0 Å². The number of non-ortho nitro benzene ring substituents is 1. The number of halogens is 2. The predicted molar refractivity (Wildman–Crippen MR) is 121 cm³/mol. The van der Waals surface area contributed by atoms with E-state index in [4.69, 9.17) is 23.2 Å². The maximum Gasteiger partial charge on any atom is 0.270 e. The molecule has 10 nitrogen and oxygen atoms in total. The van der Waals surface area contributed by atoms with Gasteiger partial charge in [0, 0.05) is 30.4 Å². The molecule has 0 atom stereocenters. The monoisotopic (exact) mass is 494 g/mol. The highest BCUT2D eigenvalue weighted by molar-refractivity contribution is 7.99. The molecule has 3 aromatic rings. The SMILES string of the molecule is Cn1c(CNC(=O)c2cccc([N+](=O)[O-])c2)nnc1SCC(=O)Nc1ccc(Cl)c(Cl)c1. The normalized spacial score (nSPS) is 10.6. The van der Waals surface area contributed by atoms with E-state index in [1.54, 1.807) is 29.8 Å². The molecule has 0 spiro atoms. The van der Waals surface area contributed by atoms with Crippen molar-refractivity contribution in [1.29, 1.82) is 0 Å². The molecule has 0 saturated heterocycles. The largest absolute Gasteiger partial charge is 0.345 e. The molecule has 13 heteroatoms. The van der Waals surface area contributed by atoms with Crippen LogP contribution in [0.5, 0.6) is 0 Å². The standard InChI is InChI=1S/C19H16Cl2N6O4S/c1-26-16(9-22-18(29)11-3-2-4-13(7-11)27(30)31)24-25-19(26)32-10-17(28)23-12-5-6-14(20)15(21)8-12/h2-8H,9-10H2,1H3,(H,22,29)(H,23,28). The van der Waals surface area contributed by atoms with Gasteiger partial charge in [0.05, 0.1) is 27.3 Å². The first-order chi connectivity index (χ1) is 15.2. The first kappa shape index (κ1) is 23.5. The summed E-state index contributed by atoms with van der Waals surface area (Å²) >= 11 is 13.0. The Morgan fingerprint density at radius 2 is 1.94 bits per heavy atom. The molecule has 0 bridgehead atoms. The van der Waals surface area contributed by atoms with Crippen LogP contribution in [0.25, 0.3) is 0 Å². The van der Waals surface area contributed by atoms with E-state index < -0.39 is 10.8 Å². The third-order valence-corrected chi connectivity index (χ3v) is 5.95. The number of nitrogens with zero attached hydrogens (tertiary/aromatic N) is 4. The number of anilines is 1. The topological polar surface area (TPSA) is 132 Å². The molecule has 166 valence electrons. The molecule has 0 aliphatic rings. The number of benzene rings is 2. The Labute approximate surface area is 196 Å². The molecule has 0 radical (unpaired) electrons. The maximum absolute atomic E-state index is 12.3. The van der Waals surface area contributed by atoms with Crippen molar-refractivity contribution in [2.45, 2.75) is 11.7 Å². The van der Waals surface area contributed by atoms with Crippen molar-refractivity contribution >= 4 is 58.2 Å². The second-order valence-corrected chi connectivity index (χ2v) is 8.17. The van der Waals surface area contributed by atoms with E-state index in [0.29, 0.717) is 26.7 Å². The fourth-order valence-electron chi connectivity index (χ4n) is 2.55. The van der Waals surface area contributed by atoms with Crippen LogP contribution in [0.4, 0.5) is 11.4 Å². The zero-order valence-corrected chi connectivity index (χ0v) is 18.9. The average molecular weight is 495 g/mol. The van der Waals surface area contributed by atoms with Crippen molar-refractivity contribution in [3.05, 3.63) is 74.0 Å². The van der Waals surface area contributed by atoms with E-state index in [1.807, 2.05) is 0 Å². The average Bonchev–Trinajstić information content (AvgIpc) is 3.12. The van der Waals surface area contributed by atoms with Crippen molar-refractivity contribution in [3.63, 3.8) is 0 Å². The van der Waals surface area contributed by atoms with Crippen LogP contribution in [0.15, 0.2) is 47.6 Å². The number of nitro benzene ring substituents is 1. The fourth-order valence-corrected chi connectivity index (χ4v) is 3.58. The molecule has 32 heavy (non-hydrogen) atoms. The van der Waals surface area contributed by atoms with Gasteiger partial charge in [-0.25, -0.2) is 0 Å². The number of nitrogens with one attached hydrogen (secondary N) is 2. The lowest BCUT2D eigenvalue weighted by molar-refractivity contribution is -0.384. The van der Waals surface area contributed by atoms with Crippen LogP contribution < -0.4 is 10.6 Å². The van der Waals surface area contributed by atoms with Crippen LogP contribution in [-0.2, 0) is 18.4 Å². The zero-order chi connectivity index (χ0) is 23.3. The summed E-state index contributed by atoms with van der Waals surface area (Å²) in [6.07, 6.45) is 0. The van der Waals surface area contributed by atoms with Gasteiger partial charge in [-0.15, -0.1) is 10.2 Å². The Balaban J connectivity index is 1.54. The zero-order valence-electron chi connectivity index (χ0n) is 16.5. The number of carbonyl (C=O) groups excluding carboxylic acids is 2. The Kier molecular flexibility index (Phi) is 7.67. The summed E-state index contributed by atoms with van der Waals surface area (Å²) < 4.78 is 1.64. The lowest BCUT2D eigenvalue weighted by atomic mass is 10.2. The molecule has 1 aromatic heterocycles. The molecule has 0 saturated carbocycles. The molecule has 2 amide bonds. The van der Waals surface area contributed by atoms with E-state index in [9.17, 15) is 19.7 Å². The van der Waals surface area contributed by atoms with Crippen molar-refractivity contribution in [3.8, 4) is 0 Å². The van der Waals surface area contributed by atoms with Gasteiger partial charge in [0.25, 0.3) is 11.6 Å². The highest BCUT2D eigenvalue weighted by Gasteiger charge is 2.15. The van der Waals surface area contributed by atoms with Gasteiger partial charge >= 0.3 is 0 Å². The summed E-state index contributed by atoms with van der Waals surface area (Å²) in [6.45, 7) is 0.0566. The quantitative estimate of drug-likeness (QED) is 0.277. The summed E-state index contributed by atoms with van der Waals surface area (Å²) in [5.41, 5.74) is 0.511. The number of rotatable bonds is 8. The van der Waals surface area contributed by atoms with Gasteiger partial charge in [0.15, 0.2) is 11.0 Å². The van der Waals surface area contributed by atoms with Crippen molar-refractivity contribution in [2.24, 2.45) is 7.05 Å². The second kappa shape index (κ2) is 10.4. The molecule has 0 aliphatic heterocycles. The number of aromatic nitrogens is 3. The lowest BCUT2D eigenvalue weighted by Gasteiger charge is -2.07. The Hall–Kier alpha value is -3.15. The number of hydrogen-bond donors (Lipinski definition) is 2. The Morgan fingerprint density at radius 1 is 1.16 bits per heavy atom. The van der Waals surface area contributed by atoms with Gasteiger partial charge in [0.2, 0.25) is 5.91 Å². The fraction of sp³-hybridized carbons (Fsp3) is 0.158. The van der Waals surface area contributed by atoms with Gasteiger partial charge in [-0.05, 0) is 24.3 Å². The molecule has 2 N–H and O–H groups in total. The summed E-state index contributed by atoms with van der Waals surface area (Å²) in [5.74, 6) is -0.216. The minimum absolute atomic E-state index is 0.0566. The number of nitro groups is 1. The van der Waals surface area contributed by atoms with E-state index in [1.165, 1.54) is 36.0 Å². The van der Waals surface area contributed by atoms with Crippen LogP contribution in [0.2, 0.25) is 10.0 Å². The summed E-state index contributed by atoms with van der Waals surface area (Å²) in [5, 5.41) is 25.5. The van der Waals surface area contributed by atoms with Gasteiger partial charge in [-0.3, -0.25) is 19.7 Å². The highest BCUT2D eigenvalue weighted by Crippen LogP contribution is 2.25. The number of thioether (sulfide) groups is 1. The van der Waals surface area contributed by atoms with Crippen LogP contribution in [0, 0.1) is 10.1 Å². The molecule has 3 rings (SSSR count). The van der Waals surface area contributed by atoms with Gasteiger partial charge < -0.3 is 15.2 Å². The van der Waals surface area contributed by atoms with Crippen LogP contribution in [-0.4, -0.2) is 37.3 Å². The molecule has 0 aliphatic carbocycles. The van der Waals surface area contributed by atoms with E-state index >= 15 is 0 Å². The highest BCUT2D eigenvalue weighted by atomic mass is 35.5. The van der Waals surface area contributed by atoms with E-state index in [2.05, 4.69) is 20.8 Å². The predicted octanol–water partition coefficient (Wildman–Crippen LogP) is 3.69. The van der Waals surface area contributed by atoms with Crippen molar-refractivity contribution in [1.82, 2.24) is 20.1 Å². The minimum Gasteiger partial charge on any atom is -0.345 e. The molecule has 0 fully saturated rings. The number of carbonyl (C=O) groups is 2. The van der Waals surface area contributed by atoms with Crippen LogP contribution in [0.1, 0.15) is 16.2 Å². The third-order valence-electron chi connectivity index (χ3n) is 4.19. The third kappa shape index (κ3) is 5.96. The van der Waals surface area contributed by atoms with Gasteiger partial charge in [-0.1, -0.05) is 41.0 Å². The van der Waals surface area contributed by atoms with Crippen molar-refractivity contribution < 1.29 is 14.5 Å². The van der Waals surface area contributed by atoms with Crippen LogP contribution >= 0.6 is 35.0 Å². The Bertz CT molecular complexity index is 1190. The van der Waals surface area contributed by atoms with E-state index in [-0.39, 0.29) is 29.5 Å². The smallest absolute Gasteiger partial charge is 0.270 e. The minimum atomic E-state index is -0.569. The molecule has 1 heterocycles. The summed E-state index contributed by atoms with van der Waals surface area (Å²) in [4.78, 5) is 34.7. The van der Waals surface area contributed by atoms with Crippen molar-refractivity contribution in [2.75, 3.05) is 11.1 Å². The number of amides is 2. The second-order valence-electron chi connectivity index (χ2n) is 6.41. The van der Waals surface area contributed by atoms with Gasteiger partial charge in [0.1, 0.15) is 0 Å². The molecular weight excluding hydrogens is 479 g/mol. The molecule has 2 aromatic carbocycles. The molecule has 0 unspecified atom stereocenters. The summed E-state index contributed by atoms with van der Waals surface area (Å²) in [6, 6.07) is 10.2. The Morgan fingerprint density at radius 3 is 2.66 bits per heavy atom. The lowest BCUT2D eigenvalue weighted by Crippen LogP contribution is -2.24. The first-order valence-corrected chi connectivity index (χ1v) is 10.8. The first-order valence-electron chi connectivity index (χ1n) is 9.03. The van der Waals surface area contributed by atoms with E-state index in [0.717, 1.165) is 0 Å². The molecular formula is C19H16Cl2N6O4S. The van der Waals surface area contributed by atoms with Crippen LogP contribution in [0.3, 0.4) is 0 Å².